The molecular formula is C15H19ClF2N2O. The molecule has 1 aromatic carbocycles. The summed E-state index contributed by atoms with van der Waals surface area (Å²) in [6, 6.07) is 4.34. The molecule has 0 aromatic heterocycles. The van der Waals surface area contributed by atoms with E-state index >= 15 is 0 Å². The molecular weight excluding hydrogens is 298 g/mol. The summed E-state index contributed by atoms with van der Waals surface area (Å²) in [4.78, 5) is 2.37. The minimum Gasteiger partial charge on any atom is -0.411 e. The smallest absolute Gasteiger partial charge is 0.135 e. The van der Waals surface area contributed by atoms with Crippen molar-refractivity contribution in [2.45, 2.75) is 37.8 Å². The molecule has 2 aliphatic rings. The molecule has 3 rings (SSSR count). The molecule has 0 aliphatic carbocycles. The number of piperidine rings is 1. The summed E-state index contributed by atoms with van der Waals surface area (Å²) in [6.07, 6.45) is 4.01. The van der Waals surface area contributed by atoms with Crippen molar-refractivity contribution in [1.82, 2.24) is 4.90 Å². The monoisotopic (exact) mass is 316 g/mol. The van der Waals surface area contributed by atoms with Crippen molar-refractivity contribution in [1.29, 1.82) is 0 Å². The third kappa shape index (κ3) is 2.90. The Morgan fingerprint density at radius 2 is 1.86 bits per heavy atom. The lowest BCUT2D eigenvalue weighted by atomic mass is 9.84. The Balaban J connectivity index is 0.00000161. The van der Waals surface area contributed by atoms with E-state index in [9.17, 15) is 14.0 Å². The Bertz CT molecular complexity index is 538. The van der Waals surface area contributed by atoms with E-state index in [4.69, 9.17) is 0 Å². The van der Waals surface area contributed by atoms with Gasteiger partial charge in [-0.05, 0) is 44.9 Å². The molecule has 2 aliphatic heterocycles. The van der Waals surface area contributed by atoms with Gasteiger partial charge in [-0.15, -0.1) is 12.4 Å². The molecule has 1 aromatic rings. The van der Waals surface area contributed by atoms with Crippen molar-refractivity contribution in [3.05, 3.63) is 35.4 Å². The molecule has 2 heterocycles. The van der Waals surface area contributed by atoms with Crippen molar-refractivity contribution in [3.8, 4) is 0 Å². The third-order valence-electron chi connectivity index (χ3n) is 4.80. The first kappa shape index (κ1) is 16.2. The van der Waals surface area contributed by atoms with E-state index in [1.165, 1.54) is 12.1 Å². The van der Waals surface area contributed by atoms with Crippen molar-refractivity contribution in [2.75, 3.05) is 7.05 Å². The summed E-state index contributed by atoms with van der Waals surface area (Å²) in [5, 5.41) is 12.6. The number of rotatable bonds is 2. The second kappa shape index (κ2) is 6.28. The van der Waals surface area contributed by atoms with Crippen LogP contribution in [-0.4, -0.2) is 35.0 Å². The number of oxime groups is 1. The molecule has 0 spiro atoms. The van der Waals surface area contributed by atoms with E-state index < -0.39 is 11.6 Å². The molecule has 21 heavy (non-hydrogen) atoms. The van der Waals surface area contributed by atoms with Gasteiger partial charge in [0.05, 0.1) is 5.71 Å². The van der Waals surface area contributed by atoms with Gasteiger partial charge >= 0.3 is 0 Å². The largest absolute Gasteiger partial charge is 0.411 e. The number of halogens is 3. The van der Waals surface area contributed by atoms with E-state index in [2.05, 4.69) is 17.1 Å². The van der Waals surface area contributed by atoms with Crippen molar-refractivity contribution in [3.63, 3.8) is 0 Å². The highest BCUT2D eigenvalue weighted by Crippen LogP contribution is 2.39. The van der Waals surface area contributed by atoms with Gasteiger partial charge in [-0.25, -0.2) is 8.78 Å². The van der Waals surface area contributed by atoms with Crippen LogP contribution in [0.3, 0.4) is 0 Å². The maximum atomic E-state index is 13.9. The molecule has 116 valence electrons. The predicted molar refractivity (Wildman–Crippen MR) is 79.2 cm³/mol. The highest BCUT2D eigenvalue weighted by atomic mass is 35.5. The molecule has 0 radical (unpaired) electrons. The molecule has 3 nitrogen and oxygen atoms in total. The molecule has 2 saturated heterocycles. The molecule has 1 N–H and O–H groups in total. The number of fused-ring (bicyclic) bond motifs is 2. The number of benzene rings is 1. The number of hydrogen-bond donors (Lipinski definition) is 1. The molecule has 0 saturated carbocycles. The summed E-state index contributed by atoms with van der Waals surface area (Å²) in [6.45, 7) is 0. The second-order valence-electron chi connectivity index (χ2n) is 5.83. The van der Waals surface area contributed by atoms with Gasteiger partial charge in [0.15, 0.2) is 0 Å². The zero-order valence-corrected chi connectivity index (χ0v) is 12.6. The second-order valence-corrected chi connectivity index (χ2v) is 5.83. The lowest BCUT2D eigenvalue weighted by Gasteiger charge is -2.36. The van der Waals surface area contributed by atoms with Crippen LogP contribution < -0.4 is 0 Å². The van der Waals surface area contributed by atoms with Crippen LogP contribution in [0.2, 0.25) is 0 Å². The summed E-state index contributed by atoms with van der Waals surface area (Å²) < 4.78 is 26.9. The van der Waals surface area contributed by atoms with Crippen molar-refractivity contribution < 1.29 is 14.0 Å². The van der Waals surface area contributed by atoms with Crippen LogP contribution in [0.5, 0.6) is 0 Å². The normalized spacial score (nSPS) is 29.3. The topological polar surface area (TPSA) is 35.8 Å². The van der Waals surface area contributed by atoms with Crippen LogP contribution in [0, 0.1) is 17.6 Å². The van der Waals surface area contributed by atoms with Crippen molar-refractivity contribution in [2.24, 2.45) is 11.1 Å². The number of hydrogen-bond acceptors (Lipinski definition) is 3. The van der Waals surface area contributed by atoms with Crippen LogP contribution in [0.15, 0.2) is 23.4 Å². The number of nitrogens with zero attached hydrogens (tertiary/aromatic N) is 2. The first-order valence-electron chi connectivity index (χ1n) is 6.99. The van der Waals surface area contributed by atoms with Gasteiger partial charge in [-0.3, -0.25) is 0 Å². The van der Waals surface area contributed by atoms with E-state index in [-0.39, 0.29) is 23.9 Å². The maximum absolute atomic E-state index is 13.9. The molecule has 2 unspecified atom stereocenters. The SMILES string of the molecule is CN1C2CCC1CC(C(=NO)c1ccc(F)cc1F)C2.Cl. The molecule has 0 amide bonds. The summed E-state index contributed by atoms with van der Waals surface area (Å²) in [5.74, 6) is -1.25. The fourth-order valence-electron chi connectivity index (χ4n) is 3.69. The van der Waals surface area contributed by atoms with Gasteiger partial charge in [-0.2, -0.15) is 0 Å². The van der Waals surface area contributed by atoms with Crippen LogP contribution in [-0.2, 0) is 0 Å². The van der Waals surface area contributed by atoms with E-state index in [0.29, 0.717) is 17.8 Å². The Morgan fingerprint density at radius 1 is 1.24 bits per heavy atom. The van der Waals surface area contributed by atoms with Crippen LogP contribution in [0.4, 0.5) is 8.78 Å². The van der Waals surface area contributed by atoms with Gasteiger partial charge in [0, 0.05) is 29.6 Å². The summed E-state index contributed by atoms with van der Waals surface area (Å²) >= 11 is 0. The fourth-order valence-corrected chi connectivity index (χ4v) is 3.69. The zero-order chi connectivity index (χ0) is 14.3. The Hall–Kier alpha value is -1.20. The molecule has 6 heteroatoms. The average Bonchev–Trinajstić information content (AvgIpc) is 2.64. The lowest BCUT2D eigenvalue weighted by molar-refractivity contribution is 0.156. The standard InChI is InChI=1S/C15H18F2N2O.ClH/c1-19-11-3-4-12(19)7-9(6-11)15(18-20)13-5-2-10(16)8-14(13)17;/h2,5,8-9,11-12,20H,3-4,6-7H2,1H3;1H. The fraction of sp³-hybridized carbons (Fsp3) is 0.533. The van der Waals surface area contributed by atoms with Gasteiger partial charge in [0.1, 0.15) is 11.6 Å². The van der Waals surface area contributed by atoms with E-state index in [1.807, 2.05) is 0 Å². The Kier molecular flexibility index (Phi) is 4.84. The maximum Gasteiger partial charge on any atom is 0.135 e. The van der Waals surface area contributed by atoms with E-state index in [1.54, 1.807) is 0 Å². The molecule has 2 fully saturated rings. The highest BCUT2D eigenvalue weighted by Gasteiger charge is 2.40. The van der Waals surface area contributed by atoms with Crippen LogP contribution in [0.1, 0.15) is 31.2 Å². The minimum atomic E-state index is -0.663. The summed E-state index contributed by atoms with van der Waals surface area (Å²) in [7, 11) is 2.12. The van der Waals surface area contributed by atoms with Crippen LogP contribution >= 0.6 is 12.4 Å². The van der Waals surface area contributed by atoms with Gasteiger partial charge in [0.2, 0.25) is 0 Å². The molecule has 2 atom stereocenters. The van der Waals surface area contributed by atoms with Gasteiger partial charge in [-0.1, -0.05) is 5.16 Å². The average molecular weight is 317 g/mol. The van der Waals surface area contributed by atoms with Crippen LogP contribution in [0.25, 0.3) is 0 Å². The van der Waals surface area contributed by atoms with Gasteiger partial charge < -0.3 is 10.1 Å². The zero-order valence-electron chi connectivity index (χ0n) is 11.8. The first-order chi connectivity index (χ1) is 9.60. The first-order valence-corrected chi connectivity index (χ1v) is 6.99. The third-order valence-corrected chi connectivity index (χ3v) is 4.80. The predicted octanol–water partition coefficient (Wildman–Crippen LogP) is 3.44. The minimum absolute atomic E-state index is 0. The lowest BCUT2D eigenvalue weighted by Crippen LogP contribution is -2.42. The summed E-state index contributed by atoms with van der Waals surface area (Å²) in [5.41, 5.74) is 0.565. The molecule has 2 bridgehead atoms. The Morgan fingerprint density at radius 3 is 2.38 bits per heavy atom. The van der Waals surface area contributed by atoms with E-state index in [0.717, 1.165) is 31.7 Å². The quantitative estimate of drug-likeness (QED) is 0.515. The van der Waals surface area contributed by atoms with Crippen molar-refractivity contribution >= 4 is 18.1 Å². The van der Waals surface area contributed by atoms with Gasteiger partial charge in [0.25, 0.3) is 0 Å². The highest BCUT2D eigenvalue weighted by molar-refractivity contribution is 6.02. The Labute approximate surface area is 129 Å².